The smallest absolute Gasteiger partial charge is 0.249 e. The molecule has 1 saturated heterocycles. The molecule has 1 aliphatic heterocycles. The Morgan fingerprint density at radius 1 is 0.479 bits per heavy atom. The standard InChI is InChI=1S/C60H115NO10/c1-3-5-7-9-11-13-15-17-19-21-23-24-25-26-27-28-30-31-33-35-37-39-41-43-45-47-52(63)55(65)51(50-70-60-58(68)57(67)56(66)54(49-62)71-60)61-59(69)53(64)48-46-44-42-40-38-36-34-32-29-22-20-18-16-14-12-10-8-6-4-2/h31,33,39,41,51-58,60,62-68H,3-30,32,34-38,40,42-50H2,1-2H3,(H,61,69)/b33-31+,41-39+. The van der Waals surface area contributed by atoms with Crippen LogP contribution in [0.1, 0.15) is 284 Å². The van der Waals surface area contributed by atoms with Gasteiger partial charge in [0.25, 0.3) is 0 Å². The summed E-state index contributed by atoms with van der Waals surface area (Å²) in [4.78, 5) is 13.2. The molecule has 9 atom stereocenters. The molecule has 0 spiro atoms. The molecule has 1 aliphatic rings. The highest BCUT2D eigenvalue weighted by Crippen LogP contribution is 2.23. The Morgan fingerprint density at radius 2 is 0.845 bits per heavy atom. The second-order valence-electron chi connectivity index (χ2n) is 21.4. The first-order valence-electron chi connectivity index (χ1n) is 30.2. The summed E-state index contributed by atoms with van der Waals surface area (Å²) in [6.45, 7) is 3.47. The molecule has 1 heterocycles. The van der Waals surface area contributed by atoms with Crippen LogP contribution < -0.4 is 5.32 Å². The van der Waals surface area contributed by atoms with E-state index >= 15 is 0 Å². The summed E-state index contributed by atoms with van der Waals surface area (Å²) in [6, 6.07) is -1.19. The monoisotopic (exact) mass is 1010 g/mol. The highest BCUT2D eigenvalue weighted by atomic mass is 16.7. The minimum Gasteiger partial charge on any atom is -0.394 e. The molecule has 0 radical (unpaired) electrons. The van der Waals surface area contributed by atoms with E-state index in [1.165, 1.54) is 199 Å². The van der Waals surface area contributed by atoms with Crippen molar-refractivity contribution in [3.05, 3.63) is 24.3 Å². The highest BCUT2D eigenvalue weighted by Gasteiger charge is 2.44. The van der Waals surface area contributed by atoms with Crippen molar-refractivity contribution in [2.45, 2.75) is 339 Å². The van der Waals surface area contributed by atoms with Gasteiger partial charge in [0.1, 0.15) is 36.6 Å². The number of aliphatic hydroxyl groups excluding tert-OH is 7. The predicted octanol–water partition coefficient (Wildman–Crippen LogP) is 12.9. The Labute approximate surface area is 435 Å². The van der Waals surface area contributed by atoms with Gasteiger partial charge in [-0.05, 0) is 51.4 Å². The minimum absolute atomic E-state index is 0.249. The van der Waals surface area contributed by atoms with Crippen LogP contribution in [0, 0.1) is 0 Å². The zero-order valence-corrected chi connectivity index (χ0v) is 46.0. The number of amides is 1. The number of carbonyl (C=O) groups excluding carboxylic acids is 1. The van der Waals surface area contributed by atoms with Crippen LogP contribution in [0.4, 0.5) is 0 Å². The Morgan fingerprint density at radius 3 is 1.25 bits per heavy atom. The SMILES string of the molecule is CCCCCCCCCCCCCCCCCC/C=C/CC/C=C/CCCC(O)C(O)C(COC1OC(CO)C(O)C(O)C1O)NC(=O)C(O)CCCCCCCCCCCCCCCCCCCCC. The van der Waals surface area contributed by atoms with Gasteiger partial charge in [-0.3, -0.25) is 4.79 Å². The summed E-state index contributed by atoms with van der Waals surface area (Å²) in [6.07, 6.45) is 48.1. The maximum atomic E-state index is 13.2. The lowest BCUT2D eigenvalue weighted by atomic mass is 9.98. The van der Waals surface area contributed by atoms with Crippen LogP contribution in [0.5, 0.6) is 0 Å². The van der Waals surface area contributed by atoms with E-state index < -0.39 is 74.2 Å². The maximum Gasteiger partial charge on any atom is 0.249 e. The van der Waals surface area contributed by atoms with E-state index in [0.29, 0.717) is 19.3 Å². The topological polar surface area (TPSA) is 189 Å². The molecule has 0 aromatic carbocycles. The van der Waals surface area contributed by atoms with E-state index in [9.17, 15) is 40.5 Å². The van der Waals surface area contributed by atoms with Crippen molar-refractivity contribution in [2.75, 3.05) is 13.2 Å². The van der Waals surface area contributed by atoms with Gasteiger partial charge in [0.05, 0.1) is 25.4 Å². The van der Waals surface area contributed by atoms with Gasteiger partial charge in [-0.2, -0.15) is 0 Å². The number of hydrogen-bond acceptors (Lipinski definition) is 10. The zero-order valence-electron chi connectivity index (χ0n) is 46.0. The molecular weight excluding hydrogens is 895 g/mol. The molecule has 1 rings (SSSR count). The highest BCUT2D eigenvalue weighted by molar-refractivity contribution is 5.80. The van der Waals surface area contributed by atoms with Crippen molar-refractivity contribution in [2.24, 2.45) is 0 Å². The van der Waals surface area contributed by atoms with Crippen molar-refractivity contribution in [3.8, 4) is 0 Å². The molecule has 71 heavy (non-hydrogen) atoms. The molecule has 0 aromatic heterocycles. The van der Waals surface area contributed by atoms with Crippen LogP contribution in [0.15, 0.2) is 24.3 Å². The van der Waals surface area contributed by atoms with Crippen LogP contribution in [0.25, 0.3) is 0 Å². The Bertz CT molecular complexity index is 1200. The number of allylic oxidation sites excluding steroid dienone is 4. The molecule has 8 N–H and O–H groups in total. The third-order valence-corrected chi connectivity index (χ3v) is 14.7. The number of aliphatic hydroxyl groups is 7. The molecule has 0 aliphatic carbocycles. The number of ether oxygens (including phenoxy) is 2. The van der Waals surface area contributed by atoms with Crippen molar-refractivity contribution in [3.63, 3.8) is 0 Å². The normalized spacial score (nSPS) is 20.3. The summed E-state index contributed by atoms with van der Waals surface area (Å²) >= 11 is 0. The Hall–Kier alpha value is -1.41. The Balaban J connectivity index is 2.32. The van der Waals surface area contributed by atoms with Gasteiger partial charge >= 0.3 is 0 Å². The van der Waals surface area contributed by atoms with E-state index in [1.54, 1.807) is 0 Å². The quantitative estimate of drug-likeness (QED) is 0.0215. The largest absolute Gasteiger partial charge is 0.394 e. The fraction of sp³-hybridized carbons (Fsp3) is 0.917. The Kier molecular flexibility index (Phi) is 47.1. The number of unbranched alkanes of at least 4 members (excludes halogenated alkanes) is 36. The molecule has 11 nitrogen and oxygen atoms in total. The molecule has 1 amide bonds. The summed E-state index contributed by atoms with van der Waals surface area (Å²) < 4.78 is 11.1. The van der Waals surface area contributed by atoms with Crippen molar-refractivity contribution in [1.82, 2.24) is 5.32 Å². The van der Waals surface area contributed by atoms with Gasteiger partial charge in [0.15, 0.2) is 6.29 Å². The minimum atomic E-state index is -1.67. The first-order valence-corrected chi connectivity index (χ1v) is 30.2. The van der Waals surface area contributed by atoms with Gasteiger partial charge in [-0.25, -0.2) is 0 Å². The van der Waals surface area contributed by atoms with E-state index in [4.69, 9.17) is 9.47 Å². The average molecular weight is 1010 g/mol. The van der Waals surface area contributed by atoms with Crippen molar-refractivity contribution >= 4 is 5.91 Å². The van der Waals surface area contributed by atoms with E-state index in [-0.39, 0.29) is 12.8 Å². The molecule has 0 bridgehead atoms. The summed E-state index contributed by atoms with van der Waals surface area (Å²) in [5, 5.41) is 76.2. The second-order valence-corrected chi connectivity index (χ2v) is 21.4. The second kappa shape index (κ2) is 49.5. The van der Waals surface area contributed by atoms with E-state index in [1.807, 2.05) is 0 Å². The lowest BCUT2D eigenvalue weighted by Crippen LogP contribution is -2.60. The average Bonchev–Trinajstić information content (AvgIpc) is 3.37. The molecule has 9 unspecified atom stereocenters. The van der Waals surface area contributed by atoms with E-state index in [2.05, 4.69) is 43.5 Å². The van der Waals surface area contributed by atoms with Gasteiger partial charge in [0.2, 0.25) is 5.91 Å². The molecule has 420 valence electrons. The van der Waals surface area contributed by atoms with Gasteiger partial charge < -0.3 is 50.5 Å². The third-order valence-electron chi connectivity index (χ3n) is 14.7. The van der Waals surface area contributed by atoms with Crippen LogP contribution in [0.3, 0.4) is 0 Å². The molecular formula is C60H115NO10. The van der Waals surface area contributed by atoms with Crippen LogP contribution in [0.2, 0.25) is 0 Å². The third kappa shape index (κ3) is 37.9. The lowest BCUT2D eigenvalue weighted by molar-refractivity contribution is -0.303. The molecule has 1 fully saturated rings. The number of hydrogen-bond donors (Lipinski definition) is 8. The molecule has 11 heteroatoms. The summed E-state index contributed by atoms with van der Waals surface area (Å²) in [5.74, 6) is -0.705. The van der Waals surface area contributed by atoms with Gasteiger partial charge in [-0.15, -0.1) is 0 Å². The van der Waals surface area contributed by atoms with Crippen LogP contribution in [-0.2, 0) is 14.3 Å². The van der Waals surface area contributed by atoms with Crippen LogP contribution >= 0.6 is 0 Å². The number of carbonyl (C=O) groups is 1. The summed E-state index contributed by atoms with van der Waals surface area (Å²) in [7, 11) is 0. The molecule has 0 saturated carbocycles. The zero-order chi connectivity index (χ0) is 51.8. The number of nitrogens with one attached hydrogen (secondary N) is 1. The van der Waals surface area contributed by atoms with E-state index in [0.717, 1.165) is 38.5 Å². The molecule has 0 aromatic rings. The van der Waals surface area contributed by atoms with Crippen molar-refractivity contribution < 1.29 is 50.0 Å². The van der Waals surface area contributed by atoms with Gasteiger partial charge in [-0.1, -0.05) is 256 Å². The van der Waals surface area contributed by atoms with Crippen molar-refractivity contribution in [1.29, 1.82) is 0 Å². The predicted molar refractivity (Wildman–Crippen MR) is 293 cm³/mol. The first kappa shape index (κ1) is 67.6. The number of rotatable bonds is 52. The van der Waals surface area contributed by atoms with Gasteiger partial charge in [0, 0.05) is 0 Å². The summed E-state index contributed by atoms with van der Waals surface area (Å²) in [5.41, 5.74) is 0. The first-order chi connectivity index (χ1) is 34.7. The fourth-order valence-electron chi connectivity index (χ4n) is 9.81. The van der Waals surface area contributed by atoms with Crippen LogP contribution in [-0.4, -0.2) is 110 Å². The maximum absolute atomic E-state index is 13.2. The lowest BCUT2D eigenvalue weighted by Gasteiger charge is -2.40. The fourth-order valence-corrected chi connectivity index (χ4v) is 9.81.